The highest BCUT2D eigenvalue weighted by Gasteiger charge is 2.08. The standard InChI is InChI=1S/C19H31ClNO3P/c1-2-3-4-5-6-7-8-13-24-18-11-10-17(19(20)15-18)16-21-12-9-14-25(22)23/h10-11,15,21H,2-9,12-14,16H2,1H3/p+1. The zero-order valence-electron chi connectivity index (χ0n) is 15.3. The van der Waals surface area contributed by atoms with Crippen LogP contribution in [0, 0.1) is 0 Å². The van der Waals surface area contributed by atoms with E-state index in [0.29, 0.717) is 30.7 Å². The van der Waals surface area contributed by atoms with E-state index in [-0.39, 0.29) is 0 Å². The molecule has 0 heterocycles. The first-order chi connectivity index (χ1) is 12.1. The van der Waals surface area contributed by atoms with Gasteiger partial charge in [0.05, 0.1) is 6.61 Å². The third kappa shape index (κ3) is 11.5. The van der Waals surface area contributed by atoms with Crippen molar-refractivity contribution < 1.29 is 14.2 Å². The molecule has 2 N–H and O–H groups in total. The Labute approximate surface area is 158 Å². The van der Waals surface area contributed by atoms with Crippen LogP contribution in [0.15, 0.2) is 18.2 Å². The summed E-state index contributed by atoms with van der Waals surface area (Å²) in [4.78, 5) is 8.74. The predicted octanol–water partition coefficient (Wildman–Crippen LogP) is 5.68. The molecule has 0 spiro atoms. The van der Waals surface area contributed by atoms with Crippen molar-refractivity contribution in [2.24, 2.45) is 0 Å². The van der Waals surface area contributed by atoms with Crippen LogP contribution < -0.4 is 10.1 Å². The summed E-state index contributed by atoms with van der Waals surface area (Å²) in [6.45, 7) is 4.33. The molecule has 6 heteroatoms. The molecule has 0 aliphatic rings. The normalized spacial score (nSPS) is 11.6. The second-order valence-electron chi connectivity index (χ2n) is 6.33. The van der Waals surface area contributed by atoms with Crippen molar-refractivity contribution in [1.82, 2.24) is 5.32 Å². The van der Waals surface area contributed by atoms with Gasteiger partial charge >= 0.3 is 8.03 Å². The van der Waals surface area contributed by atoms with Crippen molar-refractivity contribution >= 4 is 19.6 Å². The fraction of sp³-hybridized carbons (Fsp3) is 0.684. The number of hydrogen-bond donors (Lipinski definition) is 2. The Morgan fingerprint density at radius 3 is 2.52 bits per heavy atom. The van der Waals surface area contributed by atoms with Gasteiger partial charge in [-0.1, -0.05) is 63.1 Å². The first-order valence-electron chi connectivity index (χ1n) is 9.39. The van der Waals surface area contributed by atoms with Gasteiger partial charge in [-0.3, -0.25) is 0 Å². The number of nitrogens with one attached hydrogen (secondary N) is 1. The van der Waals surface area contributed by atoms with Crippen molar-refractivity contribution in [2.75, 3.05) is 19.3 Å². The zero-order valence-corrected chi connectivity index (χ0v) is 17.0. The molecule has 1 atom stereocenters. The molecule has 0 aliphatic carbocycles. The number of unbranched alkanes of at least 4 members (excludes halogenated alkanes) is 6. The minimum Gasteiger partial charge on any atom is -0.494 e. The molecule has 1 unspecified atom stereocenters. The number of benzene rings is 1. The summed E-state index contributed by atoms with van der Waals surface area (Å²) in [5.74, 6) is 0.817. The quantitative estimate of drug-likeness (QED) is 0.299. The van der Waals surface area contributed by atoms with E-state index in [9.17, 15) is 4.57 Å². The van der Waals surface area contributed by atoms with Gasteiger partial charge < -0.3 is 10.1 Å². The molecule has 4 nitrogen and oxygen atoms in total. The summed E-state index contributed by atoms with van der Waals surface area (Å²) in [6, 6.07) is 5.79. The second-order valence-corrected chi connectivity index (χ2v) is 7.89. The van der Waals surface area contributed by atoms with Crippen LogP contribution in [-0.4, -0.2) is 24.2 Å². The molecule has 1 aromatic carbocycles. The maximum atomic E-state index is 10.6. The second kappa shape index (κ2) is 14.5. The smallest absolute Gasteiger partial charge is 0.494 e. The molecule has 0 fully saturated rings. The number of ether oxygens (including phenoxy) is 1. The van der Waals surface area contributed by atoms with E-state index in [2.05, 4.69) is 12.2 Å². The Balaban J connectivity index is 2.16. The van der Waals surface area contributed by atoms with Gasteiger partial charge in [0, 0.05) is 18.0 Å². The van der Waals surface area contributed by atoms with Crippen molar-refractivity contribution in [3.05, 3.63) is 28.8 Å². The largest absolute Gasteiger partial charge is 0.505 e. The van der Waals surface area contributed by atoms with E-state index in [4.69, 9.17) is 21.2 Å². The van der Waals surface area contributed by atoms with Crippen LogP contribution in [-0.2, 0) is 11.1 Å². The molecule has 0 radical (unpaired) electrons. The summed E-state index contributed by atoms with van der Waals surface area (Å²) < 4.78 is 16.4. The molecule has 0 aliphatic heterocycles. The van der Waals surface area contributed by atoms with Crippen molar-refractivity contribution in [2.45, 2.75) is 64.8 Å². The van der Waals surface area contributed by atoms with Crippen LogP contribution in [0.1, 0.15) is 63.9 Å². The third-order valence-corrected chi connectivity index (χ3v) is 5.11. The summed E-state index contributed by atoms with van der Waals surface area (Å²) in [5.41, 5.74) is 1.01. The van der Waals surface area contributed by atoms with Crippen LogP contribution in [0.3, 0.4) is 0 Å². The fourth-order valence-electron chi connectivity index (χ4n) is 2.57. The van der Waals surface area contributed by atoms with Crippen molar-refractivity contribution in [3.8, 4) is 5.75 Å². The van der Waals surface area contributed by atoms with Crippen molar-refractivity contribution in [3.63, 3.8) is 0 Å². The molecule has 0 aromatic heterocycles. The van der Waals surface area contributed by atoms with Crippen molar-refractivity contribution in [1.29, 1.82) is 0 Å². The molecule has 1 aromatic rings. The number of rotatable bonds is 15. The monoisotopic (exact) mass is 388 g/mol. The first-order valence-corrected chi connectivity index (χ1v) is 11.2. The van der Waals surface area contributed by atoms with Gasteiger partial charge in [0.25, 0.3) is 0 Å². The van der Waals surface area contributed by atoms with Crippen LogP contribution in [0.4, 0.5) is 0 Å². The summed E-state index contributed by atoms with van der Waals surface area (Å²) >= 11 is 6.30. The Morgan fingerprint density at radius 1 is 1.12 bits per heavy atom. The van der Waals surface area contributed by atoms with E-state index < -0.39 is 8.03 Å². The average Bonchev–Trinajstić information content (AvgIpc) is 2.58. The van der Waals surface area contributed by atoms with Gasteiger partial charge in [-0.15, -0.1) is 0 Å². The van der Waals surface area contributed by atoms with Crippen LogP contribution in [0.2, 0.25) is 5.02 Å². The van der Waals surface area contributed by atoms with Crippen LogP contribution in [0.25, 0.3) is 0 Å². The molecule has 0 saturated heterocycles. The Morgan fingerprint density at radius 2 is 1.84 bits per heavy atom. The maximum Gasteiger partial charge on any atom is 0.505 e. The molecule has 0 bridgehead atoms. The Hall–Kier alpha value is -0.670. The third-order valence-electron chi connectivity index (χ3n) is 4.06. The number of hydrogen-bond acceptors (Lipinski definition) is 3. The molecular weight excluding hydrogens is 357 g/mol. The maximum absolute atomic E-state index is 10.6. The molecule has 1 rings (SSSR count). The first kappa shape index (κ1) is 22.4. The number of halogens is 1. The SMILES string of the molecule is CCCCCCCCCOc1ccc(CNCCC[P+](=O)O)c(Cl)c1. The lowest BCUT2D eigenvalue weighted by Gasteiger charge is -2.10. The molecule has 142 valence electrons. The lowest BCUT2D eigenvalue weighted by molar-refractivity contribution is 0.304. The van der Waals surface area contributed by atoms with E-state index in [1.807, 2.05) is 18.2 Å². The van der Waals surface area contributed by atoms with E-state index in [1.165, 1.54) is 38.5 Å². The van der Waals surface area contributed by atoms with Gasteiger partial charge in [0.2, 0.25) is 0 Å². The topological polar surface area (TPSA) is 58.6 Å². The summed E-state index contributed by atoms with van der Waals surface area (Å²) in [5, 5.41) is 3.93. The highest BCUT2D eigenvalue weighted by molar-refractivity contribution is 7.37. The van der Waals surface area contributed by atoms with E-state index >= 15 is 0 Å². The minimum atomic E-state index is -2.03. The minimum absolute atomic E-state index is 0.335. The van der Waals surface area contributed by atoms with Gasteiger partial charge in [0.1, 0.15) is 5.75 Å². The fourth-order valence-corrected chi connectivity index (χ4v) is 3.24. The Bertz CT molecular complexity index is 500. The van der Waals surface area contributed by atoms with Gasteiger partial charge in [0.15, 0.2) is 6.16 Å². The highest BCUT2D eigenvalue weighted by Crippen LogP contribution is 2.23. The summed E-state index contributed by atoms with van der Waals surface area (Å²) in [7, 11) is -2.03. The molecule has 0 saturated carbocycles. The van der Waals surface area contributed by atoms with E-state index in [1.54, 1.807) is 0 Å². The molecular formula is C19H32ClNO3P+. The zero-order chi connectivity index (χ0) is 18.3. The lowest BCUT2D eigenvalue weighted by atomic mass is 10.1. The van der Waals surface area contributed by atoms with Gasteiger partial charge in [-0.25, -0.2) is 0 Å². The molecule has 0 amide bonds. The lowest BCUT2D eigenvalue weighted by Crippen LogP contribution is -2.15. The average molecular weight is 389 g/mol. The van der Waals surface area contributed by atoms with Crippen LogP contribution in [0.5, 0.6) is 5.75 Å². The van der Waals surface area contributed by atoms with Crippen LogP contribution >= 0.6 is 19.6 Å². The summed E-state index contributed by atoms with van der Waals surface area (Å²) in [6.07, 6.45) is 9.93. The predicted molar refractivity (Wildman–Crippen MR) is 106 cm³/mol. The van der Waals surface area contributed by atoms with Gasteiger partial charge in [-0.2, -0.15) is 4.89 Å². The van der Waals surface area contributed by atoms with E-state index in [0.717, 1.165) is 24.3 Å². The highest BCUT2D eigenvalue weighted by atomic mass is 35.5. The Kier molecular flexibility index (Phi) is 13.0. The van der Waals surface area contributed by atoms with Gasteiger partial charge in [-0.05, 0) is 35.2 Å². The molecule has 25 heavy (non-hydrogen) atoms.